The van der Waals surface area contributed by atoms with E-state index in [1.54, 1.807) is 17.8 Å². The average molecular weight is 315 g/mol. The smallest absolute Gasteiger partial charge is 0.254 e. The van der Waals surface area contributed by atoms with Crippen LogP contribution in [0, 0.1) is 0 Å². The van der Waals surface area contributed by atoms with Crippen molar-refractivity contribution in [1.29, 1.82) is 0 Å². The lowest BCUT2D eigenvalue weighted by molar-refractivity contribution is 0.0526. The summed E-state index contributed by atoms with van der Waals surface area (Å²) in [5.41, 5.74) is 1.01. The summed E-state index contributed by atoms with van der Waals surface area (Å²) in [6.45, 7) is 8.57. The molecule has 23 heavy (non-hydrogen) atoms. The first-order chi connectivity index (χ1) is 10.8. The maximum absolute atomic E-state index is 12.5. The Kier molecular flexibility index (Phi) is 5.21. The largest absolute Gasteiger partial charge is 0.384 e. The van der Waals surface area contributed by atoms with Gasteiger partial charge in [0.25, 0.3) is 5.91 Å². The first kappa shape index (κ1) is 17.2. The molecule has 1 aromatic heterocycles. The van der Waals surface area contributed by atoms with Crippen molar-refractivity contribution in [3.05, 3.63) is 53.3 Å². The molecule has 2 N–H and O–H groups in total. The van der Waals surface area contributed by atoms with Crippen molar-refractivity contribution in [2.45, 2.75) is 45.8 Å². The van der Waals surface area contributed by atoms with E-state index in [1.807, 2.05) is 51.1 Å². The van der Waals surface area contributed by atoms with E-state index in [0.29, 0.717) is 12.1 Å². The molecule has 0 aliphatic carbocycles. The van der Waals surface area contributed by atoms with Crippen LogP contribution < -0.4 is 5.32 Å². The summed E-state index contributed by atoms with van der Waals surface area (Å²) in [6, 6.07) is 9.33. The molecule has 0 fully saturated rings. The standard InChI is InChI=1S/C18H25N3O2/c1-5-21-11-15(16(20-21)13(2)3)17(22)19-12-18(4,23)14-9-7-6-8-10-14/h6-11,13,23H,5,12H2,1-4H3,(H,19,22)/t18-/m0/s1. The average Bonchev–Trinajstić information content (AvgIpc) is 2.98. The van der Waals surface area contributed by atoms with Gasteiger partial charge in [-0.25, -0.2) is 0 Å². The lowest BCUT2D eigenvalue weighted by Crippen LogP contribution is -2.38. The van der Waals surface area contributed by atoms with E-state index in [2.05, 4.69) is 10.4 Å². The third-order valence-electron chi connectivity index (χ3n) is 3.89. The van der Waals surface area contributed by atoms with Crippen LogP contribution in [0.1, 0.15) is 55.2 Å². The number of aliphatic hydroxyl groups is 1. The van der Waals surface area contributed by atoms with Gasteiger partial charge < -0.3 is 10.4 Å². The van der Waals surface area contributed by atoms with Crippen molar-refractivity contribution < 1.29 is 9.90 Å². The molecule has 0 spiro atoms. The second kappa shape index (κ2) is 6.96. The van der Waals surface area contributed by atoms with Crippen molar-refractivity contribution in [1.82, 2.24) is 15.1 Å². The molecule has 2 rings (SSSR count). The van der Waals surface area contributed by atoms with Crippen molar-refractivity contribution in [3.63, 3.8) is 0 Å². The molecule has 2 aromatic rings. The highest BCUT2D eigenvalue weighted by atomic mass is 16.3. The number of carbonyl (C=O) groups is 1. The van der Waals surface area contributed by atoms with Crippen molar-refractivity contribution >= 4 is 5.91 Å². The first-order valence-corrected chi connectivity index (χ1v) is 7.98. The van der Waals surface area contributed by atoms with E-state index in [1.165, 1.54) is 0 Å². The zero-order valence-corrected chi connectivity index (χ0v) is 14.2. The molecule has 1 amide bonds. The zero-order chi connectivity index (χ0) is 17.0. The molecule has 1 atom stereocenters. The summed E-state index contributed by atoms with van der Waals surface area (Å²) in [4.78, 5) is 12.5. The van der Waals surface area contributed by atoms with E-state index in [4.69, 9.17) is 0 Å². The van der Waals surface area contributed by atoms with Gasteiger partial charge in [0.1, 0.15) is 5.60 Å². The zero-order valence-electron chi connectivity index (χ0n) is 14.2. The predicted molar refractivity (Wildman–Crippen MR) is 90.3 cm³/mol. The summed E-state index contributed by atoms with van der Waals surface area (Å²) >= 11 is 0. The van der Waals surface area contributed by atoms with Crippen molar-refractivity contribution in [2.24, 2.45) is 0 Å². The second-order valence-electron chi connectivity index (χ2n) is 6.26. The Hall–Kier alpha value is -2.14. The Morgan fingerprint density at radius 1 is 1.35 bits per heavy atom. The van der Waals surface area contributed by atoms with Crippen LogP contribution in [-0.2, 0) is 12.1 Å². The third-order valence-corrected chi connectivity index (χ3v) is 3.89. The summed E-state index contributed by atoms with van der Waals surface area (Å²) in [5, 5.41) is 17.8. The van der Waals surface area contributed by atoms with Crippen LogP contribution in [0.2, 0.25) is 0 Å². The number of nitrogens with one attached hydrogen (secondary N) is 1. The highest BCUT2D eigenvalue weighted by molar-refractivity contribution is 5.95. The highest BCUT2D eigenvalue weighted by Gasteiger charge is 2.25. The molecule has 124 valence electrons. The molecule has 0 aliphatic rings. The van der Waals surface area contributed by atoms with Crippen molar-refractivity contribution in [2.75, 3.05) is 6.54 Å². The summed E-state index contributed by atoms with van der Waals surface area (Å²) < 4.78 is 1.76. The number of aryl methyl sites for hydroxylation is 1. The molecule has 0 radical (unpaired) electrons. The SMILES string of the molecule is CCn1cc(C(=O)NC[C@](C)(O)c2ccccc2)c(C(C)C)n1. The predicted octanol–water partition coefficient (Wildman–Crippen LogP) is 2.66. The molecule has 1 heterocycles. The fourth-order valence-electron chi connectivity index (χ4n) is 2.45. The topological polar surface area (TPSA) is 67.2 Å². The molecule has 5 nitrogen and oxygen atoms in total. The number of nitrogens with zero attached hydrogens (tertiary/aromatic N) is 2. The highest BCUT2D eigenvalue weighted by Crippen LogP contribution is 2.21. The van der Waals surface area contributed by atoms with Gasteiger partial charge in [-0.1, -0.05) is 44.2 Å². The van der Waals surface area contributed by atoms with Crippen LogP contribution in [0.5, 0.6) is 0 Å². The summed E-state index contributed by atoms with van der Waals surface area (Å²) in [7, 11) is 0. The molecule has 0 bridgehead atoms. The minimum atomic E-state index is -1.12. The van der Waals surface area contributed by atoms with Gasteiger partial charge in [0.15, 0.2) is 0 Å². The number of benzene rings is 1. The Morgan fingerprint density at radius 3 is 2.57 bits per heavy atom. The maximum Gasteiger partial charge on any atom is 0.254 e. The molecule has 5 heteroatoms. The van der Waals surface area contributed by atoms with Crippen LogP contribution >= 0.6 is 0 Å². The quantitative estimate of drug-likeness (QED) is 0.861. The lowest BCUT2D eigenvalue weighted by atomic mass is 9.96. The van der Waals surface area contributed by atoms with Gasteiger partial charge in [-0.05, 0) is 25.3 Å². The fraction of sp³-hybridized carbons (Fsp3) is 0.444. The van der Waals surface area contributed by atoms with Gasteiger partial charge in [0.05, 0.1) is 17.8 Å². The first-order valence-electron chi connectivity index (χ1n) is 7.98. The Bertz CT molecular complexity index is 660. The number of hydrogen-bond donors (Lipinski definition) is 2. The number of amides is 1. The lowest BCUT2D eigenvalue weighted by Gasteiger charge is -2.24. The van der Waals surface area contributed by atoms with Crippen LogP contribution in [0.3, 0.4) is 0 Å². The Labute approximate surface area is 137 Å². The van der Waals surface area contributed by atoms with E-state index in [-0.39, 0.29) is 18.4 Å². The van der Waals surface area contributed by atoms with Crippen LogP contribution in [0.4, 0.5) is 0 Å². The second-order valence-corrected chi connectivity index (χ2v) is 6.26. The van der Waals surface area contributed by atoms with Gasteiger partial charge in [0, 0.05) is 12.7 Å². The third kappa shape index (κ3) is 3.99. The number of carbonyl (C=O) groups excluding carboxylic acids is 1. The molecule has 0 unspecified atom stereocenters. The minimum absolute atomic E-state index is 0.144. The Morgan fingerprint density at radius 2 is 2.00 bits per heavy atom. The van der Waals surface area contributed by atoms with E-state index < -0.39 is 5.60 Å². The maximum atomic E-state index is 12.5. The van der Waals surface area contributed by atoms with Gasteiger partial charge in [-0.15, -0.1) is 0 Å². The molecule has 0 saturated carbocycles. The fourth-order valence-corrected chi connectivity index (χ4v) is 2.45. The summed E-state index contributed by atoms with van der Waals surface area (Å²) in [5.74, 6) is -0.0391. The Balaban J connectivity index is 2.12. The molecule has 0 aliphatic heterocycles. The van der Waals surface area contributed by atoms with Gasteiger partial charge in [0.2, 0.25) is 0 Å². The monoisotopic (exact) mass is 315 g/mol. The number of rotatable bonds is 6. The van der Waals surface area contributed by atoms with E-state index in [9.17, 15) is 9.90 Å². The number of hydrogen-bond acceptors (Lipinski definition) is 3. The minimum Gasteiger partial charge on any atom is -0.384 e. The molecule has 0 saturated heterocycles. The van der Waals surface area contributed by atoms with Crippen molar-refractivity contribution in [3.8, 4) is 0 Å². The van der Waals surface area contributed by atoms with Gasteiger partial charge >= 0.3 is 0 Å². The normalized spacial score (nSPS) is 13.8. The number of aromatic nitrogens is 2. The molecular formula is C18H25N3O2. The molecular weight excluding hydrogens is 290 g/mol. The van der Waals surface area contributed by atoms with Crippen LogP contribution in [0.25, 0.3) is 0 Å². The molecule has 1 aromatic carbocycles. The van der Waals surface area contributed by atoms with Crippen LogP contribution in [-0.4, -0.2) is 27.3 Å². The van der Waals surface area contributed by atoms with E-state index >= 15 is 0 Å². The van der Waals surface area contributed by atoms with Gasteiger partial charge in [-0.3, -0.25) is 9.48 Å². The van der Waals surface area contributed by atoms with Gasteiger partial charge in [-0.2, -0.15) is 5.10 Å². The van der Waals surface area contributed by atoms with Crippen LogP contribution in [0.15, 0.2) is 36.5 Å². The summed E-state index contributed by atoms with van der Waals surface area (Å²) in [6.07, 6.45) is 1.77. The van der Waals surface area contributed by atoms with E-state index in [0.717, 1.165) is 11.3 Å².